The molecule has 0 unspecified atom stereocenters. The van der Waals surface area contributed by atoms with Crippen LogP contribution in [0.4, 0.5) is 17.1 Å². The zero-order valence-electron chi connectivity index (χ0n) is 38.3. The van der Waals surface area contributed by atoms with Crippen molar-refractivity contribution in [1.29, 1.82) is 0 Å². The van der Waals surface area contributed by atoms with Crippen molar-refractivity contribution < 1.29 is 8.83 Å². The summed E-state index contributed by atoms with van der Waals surface area (Å²) in [4.78, 5) is 2.39. The Morgan fingerprint density at radius 1 is 0.268 bits per heavy atom. The van der Waals surface area contributed by atoms with Gasteiger partial charge in [0.2, 0.25) is 0 Å². The monoisotopic (exact) mass is 907 g/mol. The molecule has 0 spiro atoms. The minimum absolute atomic E-state index is 0.889. The fourth-order valence-electron chi connectivity index (χ4n) is 11.3. The van der Waals surface area contributed by atoms with Gasteiger partial charge in [0.15, 0.2) is 0 Å². The Labute approximate surface area is 407 Å². The molecular weight excluding hydrogens is 867 g/mol. The van der Waals surface area contributed by atoms with E-state index in [2.05, 4.69) is 238 Å². The molecule has 0 bridgehead atoms. The molecule has 4 aromatic heterocycles. The average molecular weight is 908 g/mol. The molecule has 0 amide bonds. The van der Waals surface area contributed by atoms with Crippen molar-refractivity contribution in [1.82, 2.24) is 9.13 Å². The van der Waals surface area contributed by atoms with Gasteiger partial charge in [0.1, 0.15) is 22.3 Å². The smallest absolute Gasteiger partial charge is 0.143 e. The lowest BCUT2D eigenvalue weighted by Crippen LogP contribution is -2.12. The number of nitrogens with zero attached hydrogens (tertiary/aromatic N) is 3. The highest BCUT2D eigenvalue weighted by molar-refractivity contribution is 6.13. The number of fused-ring (bicyclic) bond motifs is 12. The second kappa shape index (κ2) is 15.5. The van der Waals surface area contributed by atoms with Gasteiger partial charge in [-0.15, -0.1) is 0 Å². The van der Waals surface area contributed by atoms with Crippen LogP contribution in [0, 0.1) is 0 Å². The van der Waals surface area contributed by atoms with Gasteiger partial charge in [-0.3, -0.25) is 0 Å². The molecule has 4 heterocycles. The van der Waals surface area contributed by atoms with Crippen LogP contribution in [0.3, 0.4) is 0 Å². The van der Waals surface area contributed by atoms with Crippen molar-refractivity contribution in [3.63, 3.8) is 0 Å². The molecule has 5 nitrogen and oxygen atoms in total. The molecule has 15 aromatic rings. The largest absolute Gasteiger partial charge is 0.455 e. The molecule has 71 heavy (non-hydrogen) atoms. The van der Waals surface area contributed by atoms with Crippen LogP contribution in [0.5, 0.6) is 0 Å². The summed E-state index contributed by atoms with van der Waals surface area (Å²) < 4.78 is 17.9. The summed E-state index contributed by atoms with van der Waals surface area (Å²) >= 11 is 0. The van der Waals surface area contributed by atoms with E-state index in [1.807, 2.05) is 24.3 Å². The lowest BCUT2D eigenvalue weighted by molar-refractivity contribution is 0.669. The van der Waals surface area contributed by atoms with Gasteiger partial charge < -0.3 is 22.9 Å². The van der Waals surface area contributed by atoms with Gasteiger partial charge in [-0.1, -0.05) is 170 Å². The first-order chi connectivity index (χ1) is 35.2. The molecule has 11 aromatic carbocycles. The quantitative estimate of drug-likeness (QED) is 0.160. The third-order valence-corrected chi connectivity index (χ3v) is 14.5. The van der Waals surface area contributed by atoms with Gasteiger partial charge >= 0.3 is 0 Å². The van der Waals surface area contributed by atoms with Crippen LogP contribution in [-0.2, 0) is 0 Å². The Kier molecular flexibility index (Phi) is 8.59. The van der Waals surface area contributed by atoms with Gasteiger partial charge in [0.05, 0.1) is 39.1 Å². The summed E-state index contributed by atoms with van der Waals surface area (Å²) in [5.41, 5.74) is 17.6. The zero-order valence-corrected chi connectivity index (χ0v) is 38.3. The Morgan fingerprint density at radius 3 is 1.00 bits per heavy atom. The third kappa shape index (κ3) is 6.06. The van der Waals surface area contributed by atoms with E-state index in [4.69, 9.17) is 8.83 Å². The number of benzene rings is 11. The molecule has 0 aliphatic carbocycles. The molecule has 0 fully saturated rings. The highest BCUT2D eigenvalue weighted by Crippen LogP contribution is 2.44. The fraction of sp³-hybridized carbons (Fsp3) is 0. The fourth-order valence-corrected chi connectivity index (χ4v) is 11.3. The van der Waals surface area contributed by atoms with Gasteiger partial charge in [0, 0.05) is 65.6 Å². The summed E-state index contributed by atoms with van der Waals surface area (Å²) in [5.74, 6) is 0. The van der Waals surface area contributed by atoms with Gasteiger partial charge in [-0.05, 0) is 90.0 Å². The zero-order chi connectivity index (χ0) is 46.6. The first-order valence-electron chi connectivity index (χ1n) is 24.2. The SMILES string of the molecule is c1ccc2c(c1)oc1c(-c3ccc(N(c4ccc(-c5cccc6c5oc5ccccc56)cc4)c4cc(-n5c6ccccc6c6ccccc65)cc(-n5c6ccccc6c6ccccc65)c4)cc3)cccc12. The first kappa shape index (κ1) is 39.4. The third-order valence-electron chi connectivity index (χ3n) is 14.5. The van der Waals surface area contributed by atoms with E-state index in [1.165, 1.54) is 21.5 Å². The Balaban J connectivity index is 0.970. The predicted octanol–water partition coefficient (Wildman–Crippen LogP) is 18.5. The summed E-state index contributed by atoms with van der Waals surface area (Å²) in [6.45, 7) is 0. The van der Waals surface area contributed by atoms with E-state index in [0.29, 0.717) is 0 Å². The molecule has 0 N–H and O–H groups in total. The lowest BCUT2D eigenvalue weighted by Gasteiger charge is -2.28. The number of hydrogen-bond acceptors (Lipinski definition) is 3. The summed E-state index contributed by atoms with van der Waals surface area (Å²) in [6, 6.07) is 89.4. The minimum atomic E-state index is 0.889. The summed E-state index contributed by atoms with van der Waals surface area (Å²) in [7, 11) is 0. The van der Waals surface area contributed by atoms with E-state index in [9.17, 15) is 0 Å². The van der Waals surface area contributed by atoms with Crippen LogP contribution in [0.2, 0.25) is 0 Å². The molecular formula is C66H41N3O2. The maximum Gasteiger partial charge on any atom is 0.143 e. The Bertz CT molecular complexity index is 4190. The number of furan rings is 2. The normalized spacial score (nSPS) is 11.9. The van der Waals surface area contributed by atoms with Crippen molar-refractivity contribution >= 4 is 105 Å². The molecule has 0 aliphatic rings. The van der Waals surface area contributed by atoms with Crippen molar-refractivity contribution in [3.05, 3.63) is 249 Å². The molecule has 332 valence electrons. The van der Waals surface area contributed by atoms with Gasteiger partial charge in [-0.2, -0.15) is 0 Å². The van der Waals surface area contributed by atoms with Crippen LogP contribution in [0.1, 0.15) is 0 Å². The van der Waals surface area contributed by atoms with Gasteiger partial charge in [-0.25, -0.2) is 0 Å². The highest BCUT2D eigenvalue weighted by Gasteiger charge is 2.22. The lowest BCUT2D eigenvalue weighted by atomic mass is 10.0. The van der Waals surface area contributed by atoms with E-state index >= 15 is 0 Å². The van der Waals surface area contributed by atoms with Crippen molar-refractivity contribution in [2.75, 3.05) is 4.90 Å². The highest BCUT2D eigenvalue weighted by atomic mass is 16.3. The van der Waals surface area contributed by atoms with Crippen LogP contribution < -0.4 is 4.90 Å². The molecule has 5 heteroatoms. The minimum Gasteiger partial charge on any atom is -0.455 e. The maximum atomic E-state index is 6.54. The molecule has 0 aliphatic heterocycles. The number of para-hydroxylation sites is 8. The Hall–Kier alpha value is -9.58. The van der Waals surface area contributed by atoms with Crippen molar-refractivity contribution in [2.24, 2.45) is 0 Å². The standard InChI is InChI=1S/C66H41N3O2/c1-7-25-59-51(15-1)52-16-2-8-26-60(52)68(59)47-39-46(40-48(41-47)69-61-27-9-3-17-53(61)54-18-4-10-28-62(54)69)67(44-35-31-42(32-36-44)49-21-13-23-57-55-19-5-11-29-63(55)70-65(49)57)45-37-33-43(34-38-45)50-22-14-24-58-56-20-6-12-30-64(56)71-66(50)58/h1-41H. The average Bonchev–Trinajstić information content (AvgIpc) is 4.20. The number of aromatic nitrogens is 2. The van der Waals surface area contributed by atoms with Crippen LogP contribution >= 0.6 is 0 Å². The van der Waals surface area contributed by atoms with E-state index in [0.717, 1.165) is 117 Å². The summed E-state index contributed by atoms with van der Waals surface area (Å²) in [6.07, 6.45) is 0. The van der Waals surface area contributed by atoms with Crippen molar-refractivity contribution in [2.45, 2.75) is 0 Å². The maximum absolute atomic E-state index is 6.54. The topological polar surface area (TPSA) is 39.4 Å². The molecule has 0 saturated heterocycles. The van der Waals surface area contributed by atoms with Crippen LogP contribution in [0.15, 0.2) is 258 Å². The van der Waals surface area contributed by atoms with E-state index in [-0.39, 0.29) is 0 Å². The van der Waals surface area contributed by atoms with Crippen LogP contribution in [0.25, 0.3) is 121 Å². The Morgan fingerprint density at radius 2 is 0.606 bits per heavy atom. The van der Waals surface area contributed by atoms with E-state index in [1.54, 1.807) is 0 Å². The van der Waals surface area contributed by atoms with Crippen LogP contribution in [-0.4, -0.2) is 9.13 Å². The molecule has 0 radical (unpaired) electrons. The first-order valence-corrected chi connectivity index (χ1v) is 24.2. The second-order valence-corrected chi connectivity index (χ2v) is 18.4. The molecule has 15 rings (SSSR count). The molecule has 0 atom stereocenters. The number of hydrogen-bond donors (Lipinski definition) is 0. The van der Waals surface area contributed by atoms with E-state index < -0.39 is 0 Å². The second-order valence-electron chi connectivity index (χ2n) is 18.4. The number of rotatable bonds is 7. The number of anilines is 3. The summed E-state index contributed by atoms with van der Waals surface area (Å²) in [5, 5.41) is 9.33. The molecule has 0 saturated carbocycles. The van der Waals surface area contributed by atoms with Crippen molar-refractivity contribution in [3.8, 4) is 33.6 Å². The predicted molar refractivity (Wildman–Crippen MR) is 295 cm³/mol. The van der Waals surface area contributed by atoms with Gasteiger partial charge in [0.25, 0.3) is 0 Å².